The number of halogens is 4. The summed E-state index contributed by atoms with van der Waals surface area (Å²) in [6.45, 7) is 2.71. The van der Waals surface area contributed by atoms with Crippen molar-refractivity contribution in [1.29, 1.82) is 5.26 Å². The van der Waals surface area contributed by atoms with Crippen LogP contribution in [0.15, 0.2) is 54.6 Å². The van der Waals surface area contributed by atoms with Gasteiger partial charge in [0.1, 0.15) is 17.4 Å². The summed E-state index contributed by atoms with van der Waals surface area (Å²) < 4.78 is 55.3. The molecular weight excluding hydrogens is 775 g/mol. The number of hydrogen-bond donors (Lipinski definition) is 4. The van der Waals surface area contributed by atoms with Gasteiger partial charge < -0.3 is 30.5 Å². The molecule has 1 aliphatic carbocycles. The number of carbonyl (C=O) groups is 2. The summed E-state index contributed by atoms with van der Waals surface area (Å²) >= 11 is 7.14. The van der Waals surface area contributed by atoms with Crippen molar-refractivity contribution < 1.29 is 37.3 Å². The molecule has 2 aromatic carbocycles. The number of carboxylic acid groups (broad SMARTS) is 1. The predicted molar refractivity (Wildman–Crippen MR) is 210 cm³/mol. The summed E-state index contributed by atoms with van der Waals surface area (Å²) in [4.78, 5) is 34.4. The number of nitrogens with one attached hydrogen (secondary N) is 3. The number of rotatable bonds is 14. The minimum absolute atomic E-state index is 0.0103. The van der Waals surface area contributed by atoms with Crippen LogP contribution in [0.4, 0.5) is 19.0 Å². The van der Waals surface area contributed by atoms with Gasteiger partial charge in [0.15, 0.2) is 6.61 Å². The van der Waals surface area contributed by atoms with E-state index in [1.54, 1.807) is 11.8 Å². The van der Waals surface area contributed by atoms with Crippen LogP contribution in [0.25, 0.3) is 22.4 Å². The fourth-order valence-corrected chi connectivity index (χ4v) is 8.55. The Labute approximate surface area is 338 Å². The number of carboxylic acids is 1. The van der Waals surface area contributed by atoms with Crippen LogP contribution in [0.5, 0.6) is 11.8 Å². The summed E-state index contributed by atoms with van der Waals surface area (Å²) in [6, 6.07) is 17.5. The maximum Gasteiger partial charge on any atom is 0.419 e. The molecule has 1 amide bonds. The van der Waals surface area contributed by atoms with Gasteiger partial charge in [-0.25, -0.2) is 4.98 Å². The maximum atomic E-state index is 14.7. The minimum atomic E-state index is -4.76. The Bertz CT molecular complexity index is 2270. The Hall–Kier alpha value is -5.43. The monoisotopic (exact) mass is 817 g/mol. The molecule has 4 N–H and O–H groups in total. The van der Waals surface area contributed by atoms with E-state index < -0.39 is 29.3 Å². The van der Waals surface area contributed by atoms with Crippen molar-refractivity contribution in [2.75, 3.05) is 32.1 Å². The molecule has 4 aromatic rings. The average molecular weight is 818 g/mol. The number of fused-ring (bicyclic) bond motifs is 1. The SMILES string of the molecule is COc1nc(N[C@H]2CCc3c(-c4cccc(-c5ccc(CNC[C@@H]6CCC(=O)N6)c(OCC#N)n5)c4Cl)cccc32)c(C(F)(F)F)cc1CN1CCC[C@@]1(C)C(=O)O. The molecule has 7 rings (SSSR count). The van der Waals surface area contributed by atoms with Gasteiger partial charge in [-0.2, -0.15) is 23.4 Å². The van der Waals surface area contributed by atoms with E-state index in [1.807, 2.05) is 54.6 Å². The second-order valence-corrected chi connectivity index (χ2v) is 15.4. The van der Waals surface area contributed by atoms with Crippen LogP contribution in [-0.2, 0) is 35.3 Å². The normalized spacial score (nSPS) is 20.4. The number of ether oxygens (including phenoxy) is 2. The highest BCUT2D eigenvalue weighted by atomic mass is 35.5. The first-order valence-corrected chi connectivity index (χ1v) is 19.5. The summed E-state index contributed by atoms with van der Waals surface area (Å²) in [7, 11) is 1.33. The van der Waals surface area contributed by atoms with Crippen molar-refractivity contribution in [3.05, 3.63) is 87.4 Å². The van der Waals surface area contributed by atoms with Crippen molar-refractivity contribution in [2.24, 2.45) is 0 Å². The summed E-state index contributed by atoms with van der Waals surface area (Å²) in [5.41, 5.74) is 3.17. The number of aromatic nitrogens is 2. The van der Waals surface area contributed by atoms with E-state index in [4.69, 9.17) is 26.1 Å². The first-order valence-electron chi connectivity index (χ1n) is 19.1. The Morgan fingerprint density at radius 1 is 1.09 bits per heavy atom. The van der Waals surface area contributed by atoms with Crippen molar-refractivity contribution in [2.45, 2.75) is 82.3 Å². The first-order chi connectivity index (χ1) is 27.8. The number of methoxy groups -OCH3 is 1. The second-order valence-electron chi connectivity index (χ2n) is 15.0. The van der Waals surface area contributed by atoms with Gasteiger partial charge >= 0.3 is 12.1 Å². The third-order valence-electron chi connectivity index (χ3n) is 11.3. The van der Waals surface area contributed by atoms with E-state index >= 15 is 0 Å². The number of aliphatic carboxylic acids is 1. The second kappa shape index (κ2) is 16.8. The van der Waals surface area contributed by atoms with Gasteiger partial charge in [-0.1, -0.05) is 54.1 Å². The van der Waals surface area contributed by atoms with E-state index in [0.717, 1.165) is 40.3 Å². The number of anilines is 1. The number of amides is 1. The summed E-state index contributed by atoms with van der Waals surface area (Å²) in [5.74, 6) is -1.09. The lowest BCUT2D eigenvalue weighted by Gasteiger charge is -2.31. The molecule has 3 atom stereocenters. The highest BCUT2D eigenvalue weighted by Crippen LogP contribution is 2.45. The molecule has 2 fully saturated rings. The molecule has 2 aliphatic heterocycles. The molecule has 2 aromatic heterocycles. The fraction of sp³-hybridized carbons (Fsp3) is 0.405. The van der Waals surface area contributed by atoms with Crippen LogP contribution in [0.2, 0.25) is 5.02 Å². The first kappa shape index (κ1) is 40.8. The largest absolute Gasteiger partial charge is 0.481 e. The Balaban J connectivity index is 1.15. The van der Waals surface area contributed by atoms with Crippen LogP contribution in [0.1, 0.15) is 72.9 Å². The third kappa shape index (κ3) is 8.27. The van der Waals surface area contributed by atoms with Gasteiger partial charge in [-0.3, -0.25) is 14.5 Å². The molecular formula is C42H43ClF3N7O5. The average Bonchev–Trinajstić information content (AvgIpc) is 3.92. The topological polar surface area (TPSA) is 162 Å². The Morgan fingerprint density at radius 2 is 1.86 bits per heavy atom. The molecule has 304 valence electrons. The number of benzene rings is 2. The van der Waals surface area contributed by atoms with Crippen LogP contribution in [-0.4, -0.2) is 70.2 Å². The summed E-state index contributed by atoms with van der Waals surface area (Å²) in [6.07, 6.45) is -1.46. The number of likely N-dealkylation sites (tertiary alicyclic amines) is 1. The van der Waals surface area contributed by atoms with Gasteiger partial charge in [-0.15, -0.1) is 0 Å². The lowest BCUT2D eigenvalue weighted by Crippen LogP contribution is -2.47. The van der Waals surface area contributed by atoms with E-state index in [-0.39, 0.29) is 48.2 Å². The zero-order valence-corrected chi connectivity index (χ0v) is 32.8. The molecule has 12 nitrogen and oxygen atoms in total. The molecule has 2 saturated heterocycles. The minimum Gasteiger partial charge on any atom is -0.481 e. The number of carbonyl (C=O) groups excluding carboxylic acids is 1. The third-order valence-corrected chi connectivity index (χ3v) is 11.7. The number of nitriles is 1. The van der Waals surface area contributed by atoms with E-state index in [2.05, 4.69) is 20.9 Å². The number of alkyl halides is 3. The zero-order valence-electron chi connectivity index (χ0n) is 32.0. The molecule has 0 bridgehead atoms. The number of hydrogen-bond acceptors (Lipinski definition) is 10. The molecule has 16 heteroatoms. The smallest absolute Gasteiger partial charge is 0.419 e. The van der Waals surface area contributed by atoms with Crippen LogP contribution >= 0.6 is 11.6 Å². The van der Waals surface area contributed by atoms with Gasteiger partial charge in [0.05, 0.1) is 29.4 Å². The maximum absolute atomic E-state index is 14.7. The van der Waals surface area contributed by atoms with Crippen LogP contribution in [0.3, 0.4) is 0 Å². The lowest BCUT2D eigenvalue weighted by molar-refractivity contribution is -0.149. The van der Waals surface area contributed by atoms with Gasteiger partial charge in [-0.05, 0) is 74.4 Å². The number of pyridine rings is 2. The molecule has 0 radical (unpaired) electrons. The van der Waals surface area contributed by atoms with Gasteiger partial charge in [0, 0.05) is 54.4 Å². The van der Waals surface area contributed by atoms with Gasteiger partial charge in [0.25, 0.3) is 0 Å². The van der Waals surface area contributed by atoms with Crippen molar-refractivity contribution >= 4 is 29.3 Å². The molecule has 58 heavy (non-hydrogen) atoms. The molecule has 0 unspecified atom stereocenters. The molecule has 4 heterocycles. The quantitative estimate of drug-likeness (QED) is 0.101. The zero-order chi connectivity index (χ0) is 41.2. The Kier molecular flexibility index (Phi) is 11.8. The van der Waals surface area contributed by atoms with E-state index in [9.17, 15) is 33.1 Å². The van der Waals surface area contributed by atoms with Crippen molar-refractivity contribution in [3.63, 3.8) is 0 Å². The molecule has 3 aliphatic rings. The molecule has 0 spiro atoms. The lowest BCUT2D eigenvalue weighted by atomic mass is 9.94. The predicted octanol–water partition coefficient (Wildman–Crippen LogP) is 7.30. The van der Waals surface area contributed by atoms with Crippen molar-refractivity contribution in [3.8, 4) is 40.2 Å². The van der Waals surface area contributed by atoms with Crippen LogP contribution < -0.4 is 25.4 Å². The number of nitrogens with zero attached hydrogens (tertiary/aromatic N) is 4. The summed E-state index contributed by atoms with van der Waals surface area (Å²) in [5, 5.41) is 28.9. The van der Waals surface area contributed by atoms with Gasteiger partial charge in [0.2, 0.25) is 17.7 Å². The van der Waals surface area contributed by atoms with Crippen molar-refractivity contribution in [1.82, 2.24) is 25.5 Å². The fourth-order valence-electron chi connectivity index (χ4n) is 8.22. The highest BCUT2D eigenvalue weighted by Gasteiger charge is 2.44. The highest BCUT2D eigenvalue weighted by molar-refractivity contribution is 6.36. The Morgan fingerprint density at radius 3 is 2.59 bits per heavy atom. The molecule has 0 saturated carbocycles. The van der Waals surface area contributed by atoms with Crippen LogP contribution in [0, 0.1) is 11.3 Å². The van der Waals surface area contributed by atoms with E-state index in [1.165, 1.54) is 7.11 Å². The standard InChI is InChI=1S/C42H43ClF3N7O5/c1-41(40(55)56)16-5-18-53(41)23-25-20-32(42(44,45)46)37(52-38(25)57-2)50-33-14-12-28-27(6-3-7-29(28)33)30-8-4-9-31(36(30)43)34-13-10-24(39(51-34)58-19-17-47)21-48-22-26-11-15-35(54)49-26/h3-4,6-10,13,20,26,33,48H,5,11-12,14-16,18-19,21-23H2,1-2H3,(H,49,54)(H,50,52)(H,55,56)/t26-,33-,41-/m0/s1. The van der Waals surface area contributed by atoms with E-state index in [0.29, 0.717) is 68.0 Å².